The number of para-hydroxylation sites is 2. The Labute approximate surface area is 145 Å². The highest BCUT2D eigenvalue weighted by Gasteiger charge is 2.08. The number of thiocarbonyl (C=S) groups is 1. The second-order valence-corrected chi connectivity index (χ2v) is 5.92. The van der Waals surface area contributed by atoms with E-state index in [2.05, 4.69) is 24.5 Å². The van der Waals surface area contributed by atoms with E-state index in [1.807, 2.05) is 24.3 Å². The highest BCUT2D eigenvalue weighted by Crippen LogP contribution is 2.23. The number of nitrogens with one attached hydrogen (secondary N) is 2. The highest BCUT2D eigenvalue weighted by atomic mass is 32.1. The van der Waals surface area contributed by atoms with Crippen LogP contribution in [-0.2, 0) is 4.79 Å². The van der Waals surface area contributed by atoms with Crippen LogP contribution in [0, 0.1) is 0 Å². The summed E-state index contributed by atoms with van der Waals surface area (Å²) >= 11 is 5.21. The molecule has 5 heteroatoms. The van der Waals surface area contributed by atoms with E-state index in [0.29, 0.717) is 18.1 Å². The summed E-state index contributed by atoms with van der Waals surface area (Å²) < 4.78 is 5.74. The number of hydrogen-bond acceptors (Lipinski definition) is 3. The average Bonchev–Trinajstić information content (AvgIpc) is 2.53. The van der Waals surface area contributed by atoms with Crippen molar-refractivity contribution in [3.8, 4) is 5.75 Å². The molecule has 0 unspecified atom stereocenters. The van der Waals surface area contributed by atoms with Gasteiger partial charge in [0.15, 0.2) is 5.11 Å². The van der Waals surface area contributed by atoms with Gasteiger partial charge in [0.25, 0.3) is 0 Å². The number of rotatable bonds is 10. The number of benzene rings is 1. The molecule has 0 aliphatic rings. The smallest absolute Gasteiger partial charge is 0.226 e. The molecule has 0 aliphatic heterocycles. The van der Waals surface area contributed by atoms with Crippen LogP contribution in [0.2, 0.25) is 0 Å². The molecule has 0 spiro atoms. The van der Waals surface area contributed by atoms with Gasteiger partial charge in [0.05, 0.1) is 12.3 Å². The molecule has 0 bridgehead atoms. The third kappa shape index (κ3) is 8.55. The van der Waals surface area contributed by atoms with E-state index < -0.39 is 0 Å². The second kappa shape index (κ2) is 11.9. The lowest BCUT2D eigenvalue weighted by atomic mass is 10.1. The van der Waals surface area contributed by atoms with Crippen LogP contribution in [0.4, 0.5) is 5.69 Å². The highest BCUT2D eigenvalue weighted by molar-refractivity contribution is 7.80. The lowest BCUT2D eigenvalue weighted by Crippen LogP contribution is -2.34. The summed E-state index contributed by atoms with van der Waals surface area (Å²) in [7, 11) is 0. The predicted octanol–water partition coefficient (Wildman–Crippen LogP) is 4.65. The molecule has 1 rings (SSSR count). The molecule has 1 aromatic carbocycles. The van der Waals surface area contributed by atoms with Gasteiger partial charge in [-0.05, 0) is 37.2 Å². The maximum absolute atomic E-state index is 11.8. The Bertz CT molecular complexity index is 492. The zero-order valence-corrected chi connectivity index (χ0v) is 15.0. The number of amides is 1. The summed E-state index contributed by atoms with van der Waals surface area (Å²) in [5.41, 5.74) is 0.778. The van der Waals surface area contributed by atoms with Gasteiger partial charge in [-0.1, -0.05) is 51.7 Å². The number of carbonyl (C=O) groups is 1. The first-order valence-corrected chi connectivity index (χ1v) is 8.90. The fourth-order valence-corrected chi connectivity index (χ4v) is 2.30. The summed E-state index contributed by atoms with van der Waals surface area (Å²) in [4.78, 5) is 11.8. The Balaban J connectivity index is 2.42. The second-order valence-electron chi connectivity index (χ2n) is 5.51. The zero-order chi connectivity index (χ0) is 16.9. The molecule has 0 aromatic heterocycles. The molecule has 128 valence electrons. The third-order valence-electron chi connectivity index (χ3n) is 3.40. The summed E-state index contributed by atoms with van der Waals surface area (Å²) in [6.45, 7) is 4.95. The van der Waals surface area contributed by atoms with E-state index in [0.717, 1.165) is 43.5 Å². The monoisotopic (exact) mass is 336 g/mol. The van der Waals surface area contributed by atoms with Gasteiger partial charge in [-0.2, -0.15) is 0 Å². The van der Waals surface area contributed by atoms with Crippen molar-refractivity contribution in [1.29, 1.82) is 0 Å². The molecule has 0 atom stereocenters. The number of ether oxygens (including phenoxy) is 1. The zero-order valence-electron chi connectivity index (χ0n) is 14.2. The van der Waals surface area contributed by atoms with E-state index in [-0.39, 0.29) is 5.91 Å². The van der Waals surface area contributed by atoms with E-state index in [9.17, 15) is 4.79 Å². The largest absolute Gasteiger partial charge is 0.491 e. The number of hydrogen-bond donors (Lipinski definition) is 2. The lowest BCUT2D eigenvalue weighted by molar-refractivity contribution is -0.119. The topological polar surface area (TPSA) is 50.4 Å². The van der Waals surface area contributed by atoms with Crippen LogP contribution in [0.5, 0.6) is 5.75 Å². The molecule has 23 heavy (non-hydrogen) atoms. The van der Waals surface area contributed by atoms with Gasteiger partial charge in [0.1, 0.15) is 5.75 Å². The number of unbranched alkanes of at least 4 members (excludes halogenated alkanes) is 4. The van der Waals surface area contributed by atoms with Crippen molar-refractivity contribution in [2.24, 2.45) is 0 Å². The first kappa shape index (κ1) is 19.4. The molecule has 1 aromatic rings. The molecule has 2 N–H and O–H groups in total. The van der Waals surface area contributed by atoms with E-state index in [1.54, 1.807) is 0 Å². The van der Waals surface area contributed by atoms with Crippen LogP contribution < -0.4 is 15.4 Å². The molecule has 0 aliphatic carbocycles. The number of anilines is 1. The molecule has 0 radical (unpaired) electrons. The first-order chi connectivity index (χ1) is 11.2. The van der Waals surface area contributed by atoms with Gasteiger partial charge < -0.3 is 15.4 Å². The maximum atomic E-state index is 11.8. The van der Waals surface area contributed by atoms with Gasteiger partial charge in [0.2, 0.25) is 5.91 Å². The third-order valence-corrected chi connectivity index (χ3v) is 3.61. The fourth-order valence-electron chi connectivity index (χ4n) is 2.08. The standard InChI is InChI=1S/C18H28N2O2S/c1-3-5-7-8-13-17(21)20-18(23)19-15-11-9-10-12-16(15)22-14-6-4-2/h9-12H,3-8,13-14H2,1-2H3,(H2,19,20,21,23). The minimum atomic E-state index is -0.0389. The Kier molecular flexibility index (Phi) is 10.0. The Morgan fingerprint density at radius 1 is 1.09 bits per heavy atom. The molecule has 0 fully saturated rings. The molecule has 4 nitrogen and oxygen atoms in total. The van der Waals surface area contributed by atoms with Gasteiger partial charge in [-0.3, -0.25) is 4.79 Å². The first-order valence-electron chi connectivity index (χ1n) is 8.50. The molecule has 0 saturated heterocycles. The van der Waals surface area contributed by atoms with Crippen LogP contribution in [0.1, 0.15) is 58.8 Å². The van der Waals surface area contributed by atoms with Crippen molar-refractivity contribution in [2.75, 3.05) is 11.9 Å². The molecular formula is C18H28N2O2S. The molecule has 0 heterocycles. The molecule has 0 saturated carbocycles. The minimum Gasteiger partial charge on any atom is -0.491 e. The fraction of sp³-hybridized carbons (Fsp3) is 0.556. The van der Waals surface area contributed by atoms with E-state index >= 15 is 0 Å². The normalized spacial score (nSPS) is 10.2. The predicted molar refractivity (Wildman–Crippen MR) is 100.0 cm³/mol. The minimum absolute atomic E-state index is 0.0389. The lowest BCUT2D eigenvalue weighted by Gasteiger charge is -2.14. The van der Waals surface area contributed by atoms with Crippen molar-refractivity contribution in [3.63, 3.8) is 0 Å². The van der Waals surface area contributed by atoms with Crippen molar-refractivity contribution in [2.45, 2.75) is 58.8 Å². The molecule has 1 amide bonds. The summed E-state index contributed by atoms with van der Waals surface area (Å²) in [6, 6.07) is 7.61. The van der Waals surface area contributed by atoms with Gasteiger partial charge in [-0.15, -0.1) is 0 Å². The van der Waals surface area contributed by atoms with Gasteiger partial charge in [0, 0.05) is 6.42 Å². The van der Waals surface area contributed by atoms with E-state index in [1.165, 1.54) is 6.42 Å². The maximum Gasteiger partial charge on any atom is 0.226 e. The van der Waals surface area contributed by atoms with Crippen LogP contribution >= 0.6 is 12.2 Å². The Morgan fingerprint density at radius 2 is 1.83 bits per heavy atom. The van der Waals surface area contributed by atoms with Crippen LogP contribution in [0.15, 0.2) is 24.3 Å². The Hall–Kier alpha value is -1.62. The van der Waals surface area contributed by atoms with Crippen LogP contribution in [0.3, 0.4) is 0 Å². The quantitative estimate of drug-likeness (QED) is 0.482. The van der Waals surface area contributed by atoms with Crippen molar-refractivity contribution in [1.82, 2.24) is 5.32 Å². The number of carbonyl (C=O) groups excluding carboxylic acids is 1. The van der Waals surface area contributed by atoms with Crippen LogP contribution in [0.25, 0.3) is 0 Å². The summed E-state index contributed by atoms with van der Waals surface area (Å²) in [6.07, 6.45) is 6.91. The molecular weight excluding hydrogens is 308 g/mol. The van der Waals surface area contributed by atoms with Gasteiger partial charge in [-0.25, -0.2) is 0 Å². The summed E-state index contributed by atoms with van der Waals surface area (Å²) in [5.74, 6) is 0.712. The van der Waals surface area contributed by atoms with Crippen LogP contribution in [-0.4, -0.2) is 17.6 Å². The SMILES string of the molecule is CCCCCCC(=O)NC(=S)Nc1ccccc1OCCCC. The van der Waals surface area contributed by atoms with E-state index in [4.69, 9.17) is 17.0 Å². The van der Waals surface area contributed by atoms with Gasteiger partial charge >= 0.3 is 0 Å². The van der Waals surface area contributed by atoms with Crippen molar-refractivity contribution < 1.29 is 9.53 Å². The summed E-state index contributed by atoms with van der Waals surface area (Å²) in [5, 5.41) is 6.09. The van der Waals surface area contributed by atoms with Crippen molar-refractivity contribution in [3.05, 3.63) is 24.3 Å². The Morgan fingerprint density at radius 3 is 2.57 bits per heavy atom. The average molecular weight is 337 g/mol. The van der Waals surface area contributed by atoms with Crippen molar-refractivity contribution >= 4 is 28.9 Å².